The third-order valence-corrected chi connectivity index (χ3v) is 3.54. The highest BCUT2D eigenvalue weighted by atomic mass is 16.4. The van der Waals surface area contributed by atoms with Gasteiger partial charge in [-0.15, -0.1) is 0 Å². The molecule has 1 atom stereocenters. The Morgan fingerprint density at radius 1 is 1.20 bits per heavy atom. The van der Waals surface area contributed by atoms with Gasteiger partial charge in [-0.05, 0) is 29.7 Å². The van der Waals surface area contributed by atoms with Gasteiger partial charge in [-0.3, -0.25) is 4.57 Å². The molecule has 1 unspecified atom stereocenters. The van der Waals surface area contributed by atoms with Gasteiger partial charge in [0, 0.05) is 13.1 Å². The van der Waals surface area contributed by atoms with Crippen LogP contribution in [0, 0.1) is 0 Å². The lowest BCUT2D eigenvalue weighted by Crippen LogP contribution is -2.13. The molecule has 4 nitrogen and oxygen atoms in total. The monoisotopic (exact) mass is 268 g/mol. The number of fused-ring (bicyclic) bond motifs is 1. The van der Waals surface area contributed by atoms with E-state index in [1.165, 1.54) is 10.1 Å². The Balaban J connectivity index is 1.92. The van der Waals surface area contributed by atoms with Gasteiger partial charge in [0.25, 0.3) is 0 Å². The van der Waals surface area contributed by atoms with Crippen molar-refractivity contribution in [2.24, 2.45) is 12.8 Å². The van der Waals surface area contributed by atoms with Crippen molar-refractivity contribution in [2.75, 3.05) is 0 Å². The van der Waals surface area contributed by atoms with Crippen LogP contribution in [0.25, 0.3) is 11.1 Å². The molecule has 0 saturated carbocycles. The minimum atomic E-state index is -0.353. The summed E-state index contributed by atoms with van der Waals surface area (Å²) >= 11 is 0. The zero-order valence-corrected chi connectivity index (χ0v) is 11.2. The van der Waals surface area contributed by atoms with Crippen molar-refractivity contribution in [3.63, 3.8) is 0 Å². The number of oxazole rings is 1. The molecular weight excluding hydrogens is 252 g/mol. The van der Waals surface area contributed by atoms with Crippen molar-refractivity contribution in [1.82, 2.24) is 4.57 Å². The second-order valence-corrected chi connectivity index (χ2v) is 4.95. The van der Waals surface area contributed by atoms with Gasteiger partial charge in [-0.2, -0.15) is 0 Å². The second-order valence-electron chi connectivity index (χ2n) is 4.95. The number of benzene rings is 2. The molecule has 3 aromatic rings. The van der Waals surface area contributed by atoms with E-state index in [1.807, 2.05) is 36.4 Å². The number of hydrogen-bond donors (Lipinski definition) is 1. The number of aromatic nitrogens is 1. The molecule has 102 valence electrons. The first-order chi connectivity index (χ1) is 9.65. The van der Waals surface area contributed by atoms with Crippen LogP contribution in [-0.4, -0.2) is 4.57 Å². The van der Waals surface area contributed by atoms with E-state index in [9.17, 15) is 4.79 Å². The standard InChI is InChI=1S/C16H16N2O2/c1-18-14-8-7-12(10-15(14)20-16(18)19)13(17)9-11-5-3-2-4-6-11/h2-8,10,13H,9,17H2,1H3. The van der Waals surface area contributed by atoms with Crippen molar-refractivity contribution < 1.29 is 4.42 Å². The highest BCUT2D eigenvalue weighted by molar-refractivity contribution is 5.73. The van der Waals surface area contributed by atoms with Crippen LogP contribution >= 0.6 is 0 Å². The highest BCUT2D eigenvalue weighted by Gasteiger charge is 2.11. The van der Waals surface area contributed by atoms with Crippen molar-refractivity contribution in [2.45, 2.75) is 12.5 Å². The van der Waals surface area contributed by atoms with Gasteiger partial charge in [-0.1, -0.05) is 36.4 Å². The molecule has 1 heterocycles. The molecule has 0 saturated heterocycles. The Bertz CT molecular complexity index is 787. The average Bonchev–Trinajstić information content (AvgIpc) is 2.74. The summed E-state index contributed by atoms with van der Waals surface area (Å²) in [5.41, 5.74) is 9.76. The average molecular weight is 268 g/mol. The molecule has 2 N–H and O–H groups in total. The van der Waals surface area contributed by atoms with E-state index >= 15 is 0 Å². The summed E-state index contributed by atoms with van der Waals surface area (Å²) in [6.45, 7) is 0. The Hall–Kier alpha value is -2.33. The van der Waals surface area contributed by atoms with Crippen LogP contribution in [0.15, 0.2) is 57.7 Å². The largest absolute Gasteiger partial charge is 0.419 e. The van der Waals surface area contributed by atoms with Gasteiger partial charge < -0.3 is 10.2 Å². The van der Waals surface area contributed by atoms with Crippen LogP contribution in [0.5, 0.6) is 0 Å². The lowest BCUT2D eigenvalue weighted by molar-refractivity contribution is 0.527. The van der Waals surface area contributed by atoms with Gasteiger partial charge in [0.05, 0.1) is 5.52 Å². The molecule has 0 spiro atoms. The fourth-order valence-corrected chi connectivity index (χ4v) is 2.37. The predicted molar refractivity (Wildman–Crippen MR) is 78.5 cm³/mol. The van der Waals surface area contributed by atoms with E-state index in [2.05, 4.69) is 12.1 Å². The summed E-state index contributed by atoms with van der Waals surface area (Å²) in [7, 11) is 1.69. The van der Waals surface area contributed by atoms with E-state index in [1.54, 1.807) is 7.05 Å². The van der Waals surface area contributed by atoms with Gasteiger partial charge in [0.15, 0.2) is 5.58 Å². The van der Waals surface area contributed by atoms with Crippen molar-refractivity contribution in [1.29, 1.82) is 0 Å². The second kappa shape index (κ2) is 4.98. The molecule has 1 aromatic heterocycles. The molecule has 0 aliphatic heterocycles. The SMILES string of the molecule is Cn1c(=O)oc2cc(C(N)Cc3ccccc3)ccc21. The number of hydrogen-bond acceptors (Lipinski definition) is 3. The molecule has 0 radical (unpaired) electrons. The van der Waals surface area contributed by atoms with Crippen LogP contribution in [0.3, 0.4) is 0 Å². The van der Waals surface area contributed by atoms with Crippen molar-refractivity contribution in [3.8, 4) is 0 Å². The fourth-order valence-electron chi connectivity index (χ4n) is 2.37. The molecule has 0 fully saturated rings. The fraction of sp³-hybridized carbons (Fsp3) is 0.188. The Labute approximate surface area is 116 Å². The lowest BCUT2D eigenvalue weighted by Gasteiger charge is -2.12. The number of rotatable bonds is 3. The van der Waals surface area contributed by atoms with Gasteiger partial charge in [0.1, 0.15) is 0 Å². The number of aryl methyl sites for hydroxylation is 1. The van der Waals surface area contributed by atoms with Gasteiger partial charge >= 0.3 is 5.76 Å². The van der Waals surface area contributed by atoms with Gasteiger partial charge in [-0.25, -0.2) is 4.79 Å². The smallest absolute Gasteiger partial charge is 0.408 e. The molecule has 0 aliphatic rings. The topological polar surface area (TPSA) is 61.2 Å². The first-order valence-electron chi connectivity index (χ1n) is 6.54. The first kappa shape index (κ1) is 12.7. The normalized spacial score (nSPS) is 12.7. The first-order valence-corrected chi connectivity index (χ1v) is 6.54. The summed E-state index contributed by atoms with van der Waals surface area (Å²) < 4.78 is 6.68. The van der Waals surface area contributed by atoms with Crippen molar-refractivity contribution >= 4 is 11.1 Å². The molecule has 0 bridgehead atoms. The number of nitrogens with two attached hydrogens (primary N) is 1. The van der Waals surface area contributed by atoms with Crippen LogP contribution in [0.2, 0.25) is 0 Å². The Morgan fingerprint density at radius 3 is 2.70 bits per heavy atom. The molecule has 0 aliphatic carbocycles. The summed E-state index contributed by atoms with van der Waals surface area (Å²) in [5.74, 6) is -0.353. The van der Waals surface area contributed by atoms with Crippen LogP contribution in [-0.2, 0) is 13.5 Å². The number of nitrogens with zero attached hydrogens (tertiary/aromatic N) is 1. The molecule has 3 rings (SSSR count). The van der Waals surface area contributed by atoms with E-state index in [0.717, 1.165) is 17.5 Å². The molecule has 2 aromatic carbocycles. The summed E-state index contributed by atoms with van der Waals surface area (Å²) in [6, 6.07) is 15.7. The minimum absolute atomic E-state index is 0.118. The maximum atomic E-state index is 11.5. The van der Waals surface area contributed by atoms with E-state index in [-0.39, 0.29) is 11.8 Å². The third-order valence-electron chi connectivity index (χ3n) is 3.54. The Morgan fingerprint density at radius 2 is 1.95 bits per heavy atom. The zero-order chi connectivity index (χ0) is 14.1. The minimum Gasteiger partial charge on any atom is -0.408 e. The lowest BCUT2D eigenvalue weighted by atomic mass is 9.99. The molecule has 20 heavy (non-hydrogen) atoms. The van der Waals surface area contributed by atoms with E-state index in [4.69, 9.17) is 10.2 Å². The maximum absolute atomic E-state index is 11.5. The molecule has 4 heteroatoms. The Kier molecular flexibility index (Phi) is 3.16. The van der Waals surface area contributed by atoms with Crippen LogP contribution < -0.4 is 11.5 Å². The van der Waals surface area contributed by atoms with Crippen molar-refractivity contribution in [3.05, 3.63) is 70.2 Å². The third kappa shape index (κ3) is 2.26. The van der Waals surface area contributed by atoms with E-state index in [0.29, 0.717) is 5.58 Å². The maximum Gasteiger partial charge on any atom is 0.419 e. The molecule has 0 amide bonds. The summed E-state index contributed by atoms with van der Waals surface area (Å²) in [4.78, 5) is 11.5. The van der Waals surface area contributed by atoms with Crippen LogP contribution in [0.1, 0.15) is 17.2 Å². The quantitative estimate of drug-likeness (QED) is 0.793. The summed E-state index contributed by atoms with van der Waals surface area (Å²) in [6.07, 6.45) is 0.753. The van der Waals surface area contributed by atoms with Gasteiger partial charge in [0.2, 0.25) is 0 Å². The predicted octanol–water partition coefficient (Wildman–Crippen LogP) is 2.37. The van der Waals surface area contributed by atoms with E-state index < -0.39 is 0 Å². The molecular formula is C16H16N2O2. The zero-order valence-electron chi connectivity index (χ0n) is 11.2. The summed E-state index contributed by atoms with van der Waals surface area (Å²) in [5, 5.41) is 0. The van der Waals surface area contributed by atoms with Crippen LogP contribution in [0.4, 0.5) is 0 Å². The highest BCUT2D eigenvalue weighted by Crippen LogP contribution is 2.21.